The summed E-state index contributed by atoms with van der Waals surface area (Å²) in [5.41, 5.74) is 8.26. The molecule has 2 N–H and O–H groups in total. The second-order valence-electron chi connectivity index (χ2n) is 4.84. The Bertz CT molecular complexity index is 556. The second kappa shape index (κ2) is 6.15. The molecular formula is C15H21N3S. The molecule has 1 aromatic heterocycles. The number of nitrogens with zero attached hydrogens (tertiary/aromatic N) is 2. The first-order valence-corrected chi connectivity index (χ1v) is 7.88. The van der Waals surface area contributed by atoms with E-state index < -0.39 is 0 Å². The average molecular weight is 275 g/mol. The maximum absolute atomic E-state index is 6.31. The highest BCUT2D eigenvalue weighted by Gasteiger charge is 2.13. The zero-order chi connectivity index (χ0) is 13.8. The van der Waals surface area contributed by atoms with Crippen molar-refractivity contribution in [1.82, 2.24) is 4.98 Å². The van der Waals surface area contributed by atoms with E-state index in [4.69, 9.17) is 5.73 Å². The van der Waals surface area contributed by atoms with Crippen LogP contribution in [0.15, 0.2) is 30.6 Å². The van der Waals surface area contributed by atoms with Crippen LogP contribution < -0.4 is 10.6 Å². The van der Waals surface area contributed by atoms with Gasteiger partial charge in [0.25, 0.3) is 0 Å². The van der Waals surface area contributed by atoms with Crippen LogP contribution in [0.5, 0.6) is 0 Å². The van der Waals surface area contributed by atoms with E-state index in [1.165, 1.54) is 5.75 Å². The van der Waals surface area contributed by atoms with Crippen molar-refractivity contribution in [3.63, 3.8) is 0 Å². The van der Waals surface area contributed by atoms with Crippen LogP contribution in [0.3, 0.4) is 0 Å². The number of aromatic nitrogens is 1. The lowest BCUT2D eigenvalue weighted by molar-refractivity contribution is 0.670. The molecule has 0 aliphatic rings. The van der Waals surface area contributed by atoms with Gasteiger partial charge < -0.3 is 10.6 Å². The van der Waals surface area contributed by atoms with E-state index in [1.807, 2.05) is 24.0 Å². The van der Waals surface area contributed by atoms with E-state index >= 15 is 0 Å². The lowest BCUT2D eigenvalue weighted by Crippen LogP contribution is -2.30. The van der Waals surface area contributed by atoms with Gasteiger partial charge in [0.1, 0.15) is 0 Å². The van der Waals surface area contributed by atoms with E-state index in [1.54, 1.807) is 6.20 Å². The number of nitrogens with two attached hydrogens (primary N) is 1. The van der Waals surface area contributed by atoms with E-state index in [0.29, 0.717) is 6.04 Å². The number of nitrogen functional groups attached to an aromatic ring is 1. The highest BCUT2D eigenvalue weighted by Crippen LogP contribution is 2.31. The Labute approximate surface area is 119 Å². The molecule has 0 amide bonds. The van der Waals surface area contributed by atoms with Gasteiger partial charge in [0, 0.05) is 36.3 Å². The molecule has 0 aliphatic heterocycles. The first kappa shape index (κ1) is 14.0. The monoisotopic (exact) mass is 275 g/mol. The predicted molar refractivity (Wildman–Crippen MR) is 87.0 cm³/mol. The molecule has 4 heteroatoms. The average Bonchev–Trinajstić information content (AvgIpc) is 2.44. The molecule has 2 aromatic rings. The quantitative estimate of drug-likeness (QED) is 0.849. The summed E-state index contributed by atoms with van der Waals surface area (Å²) in [6.45, 7) is 2.24. The Morgan fingerprint density at radius 2 is 2.16 bits per heavy atom. The van der Waals surface area contributed by atoms with Gasteiger partial charge in [-0.15, -0.1) is 0 Å². The Hall–Kier alpha value is -1.42. The zero-order valence-electron chi connectivity index (χ0n) is 11.8. The SMILES string of the molecule is CSCCC(C)N(C)c1ccc2cnccc2c1N. The number of pyridine rings is 1. The molecule has 0 bridgehead atoms. The second-order valence-corrected chi connectivity index (χ2v) is 5.82. The molecule has 1 atom stereocenters. The minimum atomic E-state index is 0.481. The van der Waals surface area contributed by atoms with Crippen molar-refractivity contribution in [3.05, 3.63) is 30.6 Å². The van der Waals surface area contributed by atoms with Crippen LogP contribution >= 0.6 is 11.8 Å². The van der Waals surface area contributed by atoms with Gasteiger partial charge >= 0.3 is 0 Å². The van der Waals surface area contributed by atoms with Crippen molar-refractivity contribution < 1.29 is 0 Å². The van der Waals surface area contributed by atoms with Gasteiger partial charge in [-0.1, -0.05) is 6.07 Å². The van der Waals surface area contributed by atoms with Gasteiger partial charge in [-0.2, -0.15) is 11.8 Å². The molecule has 0 radical (unpaired) electrons. The minimum Gasteiger partial charge on any atom is -0.397 e. The van der Waals surface area contributed by atoms with E-state index in [0.717, 1.165) is 28.6 Å². The van der Waals surface area contributed by atoms with Gasteiger partial charge in [0.15, 0.2) is 0 Å². The Morgan fingerprint density at radius 1 is 1.37 bits per heavy atom. The summed E-state index contributed by atoms with van der Waals surface area (Å²) in [4.78, 5) is 6.40. The minimum absolute atomic E-state index is 0.481. The smallest absolute Gasteiger partial charge is 0.0632 e. The van der Waals surface area contributed by atoms with Crippen LogP contribution in [-0.2, 0) is 0 Å². The number of hydrogen-bond acceptors (Lipinski definition) is 4. The van der Waals surface area contributed by atoms with E-state index in [2.05, 4.69) is 42.2 Å². The summed E-state index contributed by atoms with van der Waals surface area (Å²) in [5.74, 6) is 1.17. The van der Waals surface area contributed by atoms with Gasteiger partial charge in [-0.05, 0) is 37.5 Å². The molecule has 19 heavy (non-hydrogen) atoms. The van der Waals surface area contributed by atoms with E-state index in [-0.39, 0.29) is 0 Å². The maximum atomic E-state index is 6.31. The molecule has 0 spiro atoms. The molecule has 0 saturated heterocycles. The summed E-state index contributed by atoms with van der Waals surface area (Å²) < 4.78 is 0. The number of fused-ring (bicyclic) bond motifs is 1. The number of anilines is 2. The first-order valence-electron chi connectivity index (χ1n) is 6.49. The van der Waals surface area contributed by atoms with Gasteiger partial charge in [0.05, 0.1) is 11.4 Å². The van der Waals surface area contributed by atoms with Crippen LogP contribution in [0.1, 0.15) is 13.3 Å². The molecule has 0 fully saturated rings. The fourth-order valence-electron chi connectivity index (χ4n) is 2.21. The van der Waals surface area contributed by atoms with Crippen LogP contribution in [-0.4, -0.2) is 30.1 Å². The topological polar surface area (TPSA) is 42.2 Å². The van der Waals surface area contributed by atoms with Crippen molar-refractivity contribution in [2.45, 2.75) is 19.4 Å². The lowest BCUT2D eigenvalue weighted by Gasteiger charge is -2.28. The molecule has 0 aliphatic carbocycles. The van der Waals surface area contributed by atoms with E-state index in [9.17, 15) is 0 Å². The van der Waals surface area contributed by atoms with Crippen LogP contribution in [0.2, 0.25) is 0 Å². The van der Waals surface area contributed by atoms with Gasteiger partial charge in [-0.3, -0.25) is 4.98 Å². The number of benzene rings is 1. The molecular weight excluding hydrogens is 254 g/mol. The molecule has 1 heterocycles. The number of thioether (sulfide) groups is 1. The van der Waals surface area contributed by atoms with Crippen molar-refractivity contribution in [2.75, 3.05) is 29.7 Å². The number of rotatable bonds is 5. The lowest BCUT2D eigenvalue weighted by atomic mass is 10.1. The third kappa shape index (κ3) is 2.95. The summed E-state index contributed by atoms with van der Waals surface area (Å²) in [5, 5.41) is 2.17. The molecule has 1 aromatic carbocycles. The molecule has 2 rings (SSSR count). The fraction of sp³-hybridized carbons (Fsp3) is 0.400. The summed E-state index contributed by atoms with van der Waals surface area (Å²) in [7, 11) is 2.11. The Morgan fingerprint density at radius 3 is 2.89 bits per heavy atom. The first-order chi connectivity index (χ1) is 9.15. The normalized spacial score (nSPS) is 12.6. The van der Waals surface area contributed by atoms with Crippen molar-refractivity contribution in [1.29, 1.82) is 0 Å². The highest BCUT2D eigenvalue weighted by atomic mass is 32.2. The fourth-order valence-corrected chi connectivity index (χ4v) is 2.79. The third-order valence-corrected chi connectivity index (χ3v) is 4.26. The van der Waals surface area contributed by atoms with Crippen molar-refractivity contribution in [3.8, 4) is 0 Å². The standard InChI is InChI=1S/C15H21N3S/c1-11(7-9-19-3)18(2)14-5-4-12-10-17-8-6-13(12)15(14)16/h4-6,8,10-11H,7,9,16H2,1-3H3. The van der Waals surface area contributed by atoms with Crippen molar-refractivity contribution in [2.24, 2.45) is 0 Å². The summed E-state index contributed by atoms with van der Waals surface area (Å²) in [6, 6.07) is 6.64. The largest absolute Gasteiger partial charge is 0.397 e. The molecule has 1 unspecified atom stereocenters. The Balaban J connectivity index is 2.32. The molecule has 3 nitrogen and oxygen atoms in total. The third-order valence-electron chi connectivity index (χ3n) is 3.62. The molecule has 102 valence electrons. The van der Waals surface area contributed by atoms with Gasteiger partial charge in [-0.25, -0.2) is 0 Å². The molecule has 0 saturated carbocycles. The summed E-state index contributed by atoms with van der Waals surface area (Å²) >= 11 is 1.88. The van der Waals surface area contributed by atoms with Crippen LogP contribution in [0.25, 0.3) is 10.8 Å². The maximum Gasteiger partial charge on any atom is 0.0632 e. The Kier molecular flexibility index (Phi) is 4.53. The van der Waals surface area contributed by atoms with Crippen LogP contribution in [0.4, 0.5) is 11.4 Å². The van der Waals surface area contributed by atoms with Crippen molar-refractivity contribution >= 4 is 33.9 Å². The number of hydrogen-bond donors (Lipinski definition) is 1. The zero-order valence-corrected chi connectivity index (χ0v) is 12.6. The highest BCUT2D eigenvalue weighted by molar-refractivity contribution is 7.98. The van der Waals surface area contributed by atoms with Gasteiger partial charge in [0.2, 0.25) is 0 Å². The van der Waals surface area contributed by atoms with Crippen LogP contribution in [0, 0.1) is 0 Å². The summed E-state index contributed by atoms with van der Waals surface area (Å²) in [6.07, 6.45) is 6.95. The predicted octanol–water partition coefficient (Wildman–Crippen LogP) is 3.39.